The fourth-order valence-corrected chi connectivity index (χ4v) is 0.887. The number of hydrogen-bond donors (Lipinski definition) is 0. The lowest BCUT2D eigenvalue weighted by atomic mass is 10.2. The van der Waals surface area contributed by atoms with Crippen LogP contribution < -0.4 is 0 Å². The Morgan fingerprint density at radius 3 is 2.67 bits per heavy atom. The van der Waals surface area contributed by atoms with E-state index in [2.05, 4.69) is 13.0 Å². The summed E-state index contributed by atoms with van der Waals surface area (Å²) in [5, 5.41) is 0. The zero-order chi connectivity index (χ0) is 9.40. The predicted octanol–water partition coefficient (Wildman–Crippen LogP) is 2.93. The van der Waals surface area contributed by atoms with Crippen LogP contribution in [-0.4, -0.2) is 12.1 Å². The molecule has 0 fully saturated rings. The Hall–Kier alpha value is -0.790. The van der Waals surface area contributed by atoms with Crippen molar-refractivity contribution < 1.29 is 11.0 Å². The number of unbranched alkanes of at least 4 members (excludes halogenated alkanes) is 1. The van der Waals surface area contributed by atoms with Gasteiger partial charge < -0.3 is 4.74 Å². The highest BCUT2D eigenvalue weighted by Gasteiger charge is 2.03. The summed E-state index contributed by atoms with van der Waals surface area (Å²) < 4.78 is 5.02. The van der Waals surface area contributed by atoms with Gasteiger partial charge in [0.1, 0.15) is 6.10 Å². The highest BCUT2D eigenvalue weighted by Crippen LogP contribution is 2.01. The van der Waals surface area contributed by atoms with E-state index in [0.717, 1.165) is 19.3 Å². The van der Waals surface area contributed by atoms with Gasteiger partial charge in [-0.3, -0.25) is 4.79 Å². The van der Waals surface area contributed by atoms with E-state index in [0.29, 0.717) is 0 Å². The molecule has 0 aromatic heterocycles. The molecule has 0 aliphatic heterocycles. The monoisotopic (exact) mass is 172 g/mol. The number of rotatable bonds is 5. The highest BCUT2D eigenvalue weighted by molar-refractivity contribution is 5.66. The third-order valence-electron chi connectivity index (χ3n) is 1.53. The van der Waals surface area contributed by atoms with Crippen molar-refractivity contribution in [3.8, 4) is 0 Å². The van der Waals surface area contributed by atoms with Gasteiger partial charge in [-0.05, 0) is 18.9 Å². The molecule has 2 nitrogen and oxygen atoms in total. The summed E-state index contributed by atoms with van der Waals surface area (Å²) in [6, 6.07) is 0. The van der Waals surface area contributed by atoms with Gasteiger partial charge in [-0.2, -0.15) is 0 Å². The number of allylic oxidation sites excluding steroid dienone is 1. The molecule has 0 heterocycles. The van der Waals surface area contributed by atoms with Crippen LogP contribution in [0.15, 0.2) is 12.2 Å². The van der Waals surface area contributed by atoms with Crippen molar-refractivity contribution in [3.05, 3.63) is 12.2 Å². The van der Waals surface area contributed by atoms with E-state index in [1.807, 2.05) is 13.0 Å². The first-order valence-corrected chi connectivity index (χ1v) is 4.54. The van der Waals surface area contributed by atoms with E-state index in [4.69, 9.17) is 4.74 Å². The standard InChI is InChI=1S/C10H18O2.H2/c1-4-6-7-8-10(5-2)12-9(3)11;/h7-8,10H,4-6H2,1-3H3;1H/b8-7+;. The second kappa shape index (κ2) is 6.89. The van der Waals surface area contributed by atoms with Crippen molar-refractivity contribution in [2.75, 3.05) is 0 Å². The van der Waals surface area contributed by atoms with Gasteiger partial charge in [0, 0.05) is 8.35 Å². The minimum atomic E-state index is -0.206. The fraction of sp³-hybridized carbons (Fsp3) is 0.700. The number of esters is 1. The molecule has 0 radical (unpaired) electrons. The lowest BCUT2D eigenvalue weighted by Crippen LogP contribution is -2.11. The van der Waals surface area contributed by atoms with Crippen molar-refractivity contribution in [1.82, 2.24) is 0 Å². The first kappa shape index (κ1) is 11.2. The van der Waals surface area contributed by atoms with Crippen LogP contribution in [0.3, 0.4) is 0 Å². The molecule has 1 unspecified atom stereocenters. The number of hydrogen-bond acceptors (Lipinski definition) is 2. The first-order chi connectivity index (χ1) is 5.70. The van der Waals surface area contributed by atoms with Gasteiger partial charge in [0.2, 0.25) is 0 Å². The molecule has 0 saturated carbocycles. The smallest absolute Gasteiger partial charge is 0.303 e. The summed E-state index contributed by atoms with van der Waals surface area (Å²) in [5.74, 6) is -0.206. The van der Waals surface area contributed by atoms with Crippen LogP contribution in [0.4, 0.5) is 0 Å². The van der Waals surface area contributed by atoms with Crippen molar-refractivity contribution in [1.29, 1.82) is 0 Å². The van der Waals surface area contributed by atoms with E-state index in [-0.39, 0.29) is 13.5 Å². The summed E-state index contributed by atoms with van der Waals surface area (Å²) >= 11 is 0. The van der Waals surface area contributed by atoms with Crippen LogP contribution in [-0.2, 0) is 9.53 Å². The third kappa shape index (κ3) is 5.96. The van der Waals surface area contributed by atoms with Crippen LogP contribution in [0.25, 0.3) is 0 Å². The minimum absolute atomic E-state index is 0. The molecular formula is C10H20O2. The Kier molecular flexibility index (Phi) is 6.44. The van der Waals surface area contributed by atoms with Gasteiger partial charge in [0.15, 0.2) is 0 Å². The Bertz CT molecular complexity index is 155. The Morgan fingerprint density at radius 1 is 1.58 bits per heavy atom. The fourth-order valence-electron chi connectivity index (χ4n) is 0.887. The van der Waals surface area contributed by atoms with E-state index >= 15 is 0 Å². The molecule has 0 amide bonds. The van der Waals surface area contributed by atoms with E-state index in [1.165, 1.54) is 6.92 Å². The van der Waals surface area contributed by atoms with Gasteiger partial charge in [0.05, 0.1) is 0 Å². The quantitative estimate of drug-likeness (QED) is 0.471. The Morgan fingerprint density at radius 2 is 2.25 bits per heavy atom. The zero-order valence-electron chi connectivity index (χ0n) is 8.17. The first-order valence-electron chi connectivity index (χ1n) is 4.54. The molecule has 0 bridgehead atoms. The molecule has 0 saturated heterocycles. The molecule has 0 aliphatic carbocycles. The molecule has 0 rings (SSSR count). The Balaban J connectivity index is 0. The maximum absolute atomic E-state index is 10.6. The van der Waals surface area contributed by atoms with E-state index in [1.54, 1.807) is 0 Å². The van der Waals surface area contributed by atoms with Crippen molar-refractivity contribution in [3.63, 3.8) is 0 Å². The SMILES string of the molecule is CCC/C=C/C(CC)OC(C)=O.[HH]. The van der Waals surface area contributed by atoms with Crippen LogP contribution in [0.1, 0.15) is 41.5 Å². The molecular weight excluding hydrogens is 152 g/mol. The molecule has 0 aromatic rings. The lowest BCUT2D eigenvalue weighted by molar-refractivity contribution is -0.144. The summed E-state index contributed by atoms with van der Waals surface area (Å²) in [4.78, 5) is 10.6. The van der Waals surface area contributed by atoms with E-state index < -0.39 is 0 Å². The molecule has 0 aliphatic rings. The lowest BCUT2D eigenvalue weighted by Gasteiger charge is -2.09. The van der Waals surface area contributed by atoms with Crippen molar-refractivity contribution in [2.24, 2.45) is 0 Å². The molecule has 72 valence electrons. The molecule has 12 heavy (non-hydrogen) atoms. The molecule has 0 spiro atoms. The highest BCUT2D eigenvalue weighted by atomic mass is 16.5. The van der Waals surface area contributed by atoms with Crippen LogP contribution in [0.2, 0.25) is 0 Å². The maximum Gasteiger partial charge on any atom is 0.303 e. The number of carbonyl (C=O) groups is 1. The zero-order valence-corrected chi connectivity index (χ0v) is 8.17. The third-order valence-corrected chi connectivity index (χ3v) is 1.53. The van der Waals surface area contributed by atoms with Crippen molar-refractivity contribution >= 4 is 5.97 Å². The van der Waals surface area contributed by atoms with Crippen molar-refractivity contribution in [2.45, 2.75) is 46.1 Å². The molecule has 1 atom stereocenters. The van der Waals surface area contributed by atoms with E-state index in [9.17, 15) is 4.79 Å². The second-order valence-electron chi connectivity index (χ2n) is 2.77. The summed E-state index contributed by atoms with van der Waals surface area (Å²) in [6.07, 6.45) is 7.03. The van der Waals surface area contributed by atoms with Gasteiger partial charge >= 0.3 is 5.97 Å². The van der Waals surface area contributed by atoms with Gasteiger partial charge in [0.25, 0.3) is 0 Å². The second-order valence-corrected chi connectivity index (χ2v) is 2.77. The maximum atomic E-state index is 10.6. The molecule has 0 aromatic carbocycles. The normalized spacial score (nSPS) is 13.2. The van der Waals surface area contributed by atoms with Crippen LogP contribution >= 0.6 is 0 Å². The van der Waals surface area contributed by atoms with Crippen LogP contribution in [0.5, 0.6) is 0 Å². The average molecular weight is 172 g/mol. The molecule has 2 heteroatoms. The van der Waals surface area contributed by atoms with Gasteiger partial charge in [-0.15, -0.1) is 0 Å². The number of ether oxygens (including phenoxy) is 1. The average Bonchev–Trinajstić information content (AvgIpc) is 2.02. The summed E-state index contributed by atoms with van der Waals surface area (Å²) in [5.41, 5.74) is 0. The largest absolute Gasteiger partial charge is 0.458 e. The van der Waals surface area contributed by atoms with Crippen LogP contribution in [0, 0.1) is 0 Å². The predicted molar refractivity (Wildman–Crippen MR) is 52.0 cm³/mol. The Labute approximate surface area is 76.1 Å². The number of carbonyl (C=O) groups excluding carboxylic acids is 1. The topological polar surface area (TPSA) is 26.3 Å². The minimum Gasteiger partial charge on any atom is -0.458 e. The van der Waals surface area contributed by atoms with Gasteiger partial charge in [-0.25, -0.2) is 0 Å². The summed E-state index contributed by atoms with van der Waals surface area (Å²) in [6.45, 7) is 5.57. The molecule has 0 N–H and O–H groups in total. The van der Waals surface area contributed by atoms with Gasteiger partial charge in [-0.1, -0.05) is 26.3 Å². The summed E-state index contributed by atoms with van der Waals surface area (Å²) in [7, 11) is 0.